The minimum Gasteiger partial charge on any atom is -0.508 e. The van der Waals surface area contributed by atoms with E-state index in [9.17, 15) is 48.3 Å². The van der Waals surface area contributed by atoms with Crippen LogP contribution in [-0.4, -0.2) is 85.6 Å². The highest BCUT2D eigenvalue weighted by atomic mass is 19.4. The Labute approximate surface area is 300 Å². The van der Waals surface area contributed by atoms with Crippen molar-refractivity contribution in [3.63, 3.8) is 0 Å². The number of aromatic hydroxyl groups is 2. The Balaban J connectivity index is 1.95. The predicted octanol–water partition coefficient (Wildman–Crippen LogP) is 3.19. The summed E-state index contributed by atoms with van der Waals surface area (Å²) >= 11 is 0. The number of imide groups is 1. The van der Waals surface area contributed by atoms with Crippen LogP contribution in [-0.2, 0) is 42.7 Å². The van der Waals surface area contributed by atoms with Gasteiger partial charge in [-0.3, -0.25) is 24.1 Å². The van der Waals surface area contributed by atoms with Crippen LogP contribution in [0.5, 0.6) is 11.5 Å². The molecule has 0 aliphatic heterocycles. The van der Waals surface area contributed by atoms with E-state index in [1.165, 1.54) is 68.4 Å². The lowest BCUT2D eigenvalue weighted by molar-refractivity contribution is -0.337. The number of carboxylic acids is 1. The number of carboxylic acid groups (broad SMARTS) is 1. The maximum Gasteiger partial charge on any atom is 0.365 e. The van der Waals surface area contributed by atoms with Crippen molar-refractivity contribution < 1.29 is 61.4 Å². The summed E-state index contributed by atoms with van der Waals surface area (Å²) in [6.07, 6.45) is -1.05. The van der Waals surface area contributed by atoms with E-state index < -0.39 is 94.1 Å². The third-order valence-corrected chi connectivity index (χ3v) is 8.00. The topological polar surface area (TPSA) is 203 Å². The van der Waals surface area contributed by atoms with Crippen molar-refractivity contribution in [2.24, 2.45) is 11.7 Å². The normalized spacial score (nSPS) is 14.5. The molecule has 0 aliphatic carbocycles. The highest BCUT2D eigenvalue weighted by molar-refractivity contribution is 6.04. The van der Waals surface area contributed by atoms with Crippen molar-refractivity contribution in [1.29, 1.82) is 0 Å². The molecule has 0 bridgehead atoms. The smallest absolute Gasteiger partial charge is 0.365 e. The number of nitrogens with two attached hydrogens (primary N) is 1. The molecule has 13 nitrogen and oxygen atoms in total. The number of carbonyl (C=O) groups is 5. The zero-order chi connectivity index (χ0) is 39.7. The monoisotopic (exact) mass is 751 g/mol. The molecule has 286 valence electrons. The minimum atomic E-state index is -5.61. The number of nitrogens with one attached hydrogen (secondary N) is 2. The van der Waals surface area contributed by atoms with E-state index in [1.54, 1.807) is 0 Å². The molecule has 0 fully saturated rings. The number of alkyl halides is 3. The van der Waals surface area contributed by atoms with E-state index in [0.29, 0.717) is 23.3 Å². The summed E-state index contributed by atoms with van der Waals surface area (Å²) in [6, 6.07) is 9.93. The van der Waals surface area contributed by atoms with E-state index >= 15 is 13.2 Å². The highest BCUT2D eigenvalue weighted by Crippen LogP contribution is 2.46. The third-order valence-electron chi connectivity index (χ3n) is 8.00. The van der Waals surface area contributed by atoms with Crippen LogP contribution in [0.25, 0.3) is 0 Å². The van der Waals surface area contributed by atoms with Crippen molar-refractivity contribution in [3.05, 3.63) is 95.6 Å². The van der Waals surface area contributed by atoms with Crippen LogP contribution in [0.2, 0.25) is 0 Å². The van der Waals surface area contributed by atoms with E-state index in [2.05, 4.69) is 5.32 Å². The Bertz CT molecular complexity index is 1750. The van der Waals surface area contributed by atoms with E-state index in [1.807, 2.05) is 5.32 Å². The van der Waals surface area contributed by atoms with Gasteiger partial charge in [0, 0.05) is 12.0 Å². The number of hydrogen-bond donors (Lipinski definition) is 6. The molecule has 3 rings (SSSR count). The molecule has 0 spiro atoms. The standard InChI is InChI=1S/C35H38F5N5O8/c1-20(2)16-28(32(51)52)44(33(53)35(38,45(39)40)34(36,37)23-6-4-3-5-7-23)29(48)19-42-31(50)27(18-22-10-14-25(47)15-11-22)43-30(49)26(41)17-21-8-12-24(46)13-9-21/h3-15,20,26-28,46-47H,16-19,41H2,1-2H3,(H,42,50)(H,43,49)(H,51,52)/t26-,27+,28-,35+/m0/s1. The molecule has 0 saturated heterocycles. The highest BCUT2D eigenvalue weighted by Gasteiger charge is 2.70. The number of benzene rings is 3. The minimum absolute atomic E-state index is 0.0417. The molecule has 0 saturated carbocycles. The van der Waals surface area contributed by atoms with Gasteiger partial charge in [0.25, 0.3) is 5.91 Å². The Morgan fingerprint density at radius 3 is 1.77 bits per heavy atom. The Morgan fingerprint density at radius 1 is 0.792 bits per heavy atom. The summed E-state index contributed by atoms with van der Waals surface area (Å²) in [5, 5.41) is 30.7. The van der Waals surface area contributed by atoms with Crippen LogP contribution < -0.4 is 16.4 Å². The first-order chi connectivity index (χ1) is 24.8. The van der Waals surface area contributed by atoms with Gasteiger partial charge in [0.05, 0.1) is 17.9 Å². The predicted molar refractivity (Wildman–Crippen MR) is 177 cm³/mol. The van der Waals surface area contributed by atoms with E-state index in [0.717, 1.165) is 12.1 Å². The molecule has 0 unspecified atom stereocenters. The SMILES string of the molecule is CC(C)C[C@@H](C(=O)O)N(C(=O)CNC(=O)[C@@H](Cc1ccc(O)cc1)NC(=O)[C@@H](N)Cc1ccc(O)cc1)C(=O)[C@@](F)(N(F)F)C(F)(F)c1ccccc1. The fraction of sp³-hybridized carbons (Fsp3) is 0.343. The van der Waals surface area contributed by atoms with Gasteiger partial charge in [-0.1, -0.05) is 77.4 Å². The van der Waals surface area contributed by atoms with Crippen LogP contribution in [0.3, 0.4) is 0 Å². The van der Waals surface area contributed by atoms with Crippen LogP contribution in [0.15, 0.2) is 78.9 Å². The number of carbonyl (C=O) groups excluding carboxylic acids is 4. The number of hydrogen-bond acceptors (Lipinski definition) is 9. The number of aliphatic carboxylic acids is 1. The Hall–Kier alpha value is -5.62. The van der Waals surface area contributed by atoms with Crippen molar-refractivity contribution in [3.8, 4) is 11.5 Å². The van der Waals surface area contributed by atoms with Gasteiger partial charge < -0.3 is 31.7 Å². The molecule has 53 heavy (non-hydrogen) atoms. The average molecular weight is 752 g/mol. The first-order valence-electron chi connectivity index (χ1n) is 16.0. The molecule has 0 radical (unpaired) electrons. The van der Waals surface area contributed by atoms with Gasteiger partial charge in [-0.25, -0.2) is 9.18 Å². The molecule has 0 aliphatic rings. The van der Waals surface area contributed by atoms with Gasteiger partial charge in [0.1, 0.15) is 23.6 Å². The molecule has 0 heterocycles. The van der Waals surface area contributed by atoms with Crippen molar-refractivity contribution in [2.45, 2.75) is 63.0 Å². The van der Waals surface area contributed by atoms with Gasteiger partial charge >= 0.3 is 17.7 Å². The second-order valence-corrected chi connectivity index (χ2v) is 12.5. The van der Waals surface area contributed by atoms with Crippen molar-refractivity contribution >= 4 is 29.6 Å². The van der Waals surface area contributed by atoms with Crippen LogP contribution >= 0.6 is 0 Å². The number of nitrogens with zero attached hydrogens (tertiary/aromatic N) is 2. The van der Waals surface area contributed by atoms with E-state index in [-0.39, 0.29) is 24.3 Å². The maximum absolute atomic E-state index is 16.0. The zero-order valence-electron chi connectivity index (χ0n) is 28.4. The molecule has 4 amide bonds. The van der Waals surface area contributed by atoms with Crippen LogP contribution in [0.4, 0.5) is 22.1 Å². The Morgan fingerprint density at radius 2 is 1.30 bits per heavy atom. The molecule has 7 N–H and O–H groups in total. The summed E-state index contributed by atoms with van der Waals surface area (Å²) in [7, 11) is 0. The van der Waals surface area contributed by atoms with Crippen molar-refractivity contribution in [2.75, 3.05) is 6.54 Å². The molecule has 4 atom stereocenters. The summed E-state index contributed by atoms with van der Waals surface area (Å²) in [5.41, 5.74) is 5.53. The maximum atomic E-state index is 16.0. The lowest BCUT2D eigenvalue weighted by atomic mass is 9.95. The van der Waals surface area contributed by atoms with Gasteiger partial charge in [0.15, 0.2) is 0 Å². The Kier molecular flexibility index (Phi) is 14.0. The molecular formula is C35H38F5N5O8. The van der Waals surface area contributed by atoms with Crippen LogP contribution in [0, 0.1) is 5.92 Å². The van der Waals surface area contributed by atoms with E-state index in [4.69, 9.17) is 5.73 Å². The van der Waals surface area contributed by atoms with Gasteiger partial charge in [-0.05, 0) is 54.2 Å². The number of amides is 4. The van der Waals surface area contributed by atoms with Gasteiger partial charge in [-0.15, -0.1) is 0 Å². The second-order valence-electron chi connectivity index (χ2n) is 12.5. The number of phenolic OH excluding ortho intramolecular Hbond substituents is 2. The summed E-state index contributed by atoms with van der Waals surface area (Å²) < 4.78 is 75.4. The average Bonchev–Trinajstić information content (AvgIpc) is 3.11. The first-order valence-corrected chi connectivity index (χ1v) is 16.0. The summed E-state index contributed by atoms with van der Waals surface area (Å²) in [6.45, 7) is 1.39. The molecule has 3 aromatic rings. The lowest BCUT2D eigenvalue weighted by Crippen LogP contribution is -2.65. The molecular weight excluding hydrogens is 713 g/mol. The first kappa shape index (κ1) is 41.8. The number of rotatable bonds is 17. The molecule has 0 aromatic heterocycles. The number of phenols is 2. The van der Waals surface area contributed by atoms with Crippen LogP contribution in [0.1, 0.15) is 37.0 Å². The van der Waals surface area contributed by atoms with Crippen molar-refractivity contribution in [1.82, 2.24) is 20.9 Å². The second kappa shape index (κ2) is 17.7. The molecule has 18 heteroatoms. The third kappa shape index (κ3) is 10.3. The quantitative estimate of drug-likeness (QED) is 0.0676. The lowest BCUT2D eigenvalue weighted by Gasteiger charge is -2.37. The zero-order valence-corrected chi connectivity index (χ0v) is 28.4. The molecule has 3 aromatic carbocycles. The fourth-order valence-corrected chi connectivity index (χ4v) is 5.21. The summed E-state index contributed by atoms with van der Waals surface area (Å²) in [4.78, 5) is 65.2. The number of halogens is 5. The summed E-state index contributed by atoms with van der Waals surface area (Å²) in [5.74, 6) is -20.7. The largest absolute Gasteiger partial charge is 0.508 e. The fourth-order valence-electron chi connectivity index (χ4n) is 5.21. The van der Waals surface area contributed by atoms with Gasteiger partial charge in [0.2, 0.25) is 17.7 Å². The van der Waals surface area contributed by atoms with Gasteiger partial charge in [-0.2, -0.15) is 8.78 Å².